The molecular formula is C15H18O5. The fourth-order valence-electron chi connectivity index (χ4n) is 1.54. The molecule has 1 aromatic rings. The quantitative estimate of drug-likeness (QED) is 0.434. The first kappa shape index (κ1) is 14.4. The van der Waals surface area contributed by atoms with Crippen LogP contribution in [0.15, 0.2) is 30.4 Å². The molecule has 0 N–H and O–H groups in total. The predicted molar refractivity (Wildman–Crippen MR) is 72.8 cm³/mol. The Morgan fingerprint density at radius 3 is 2.80 bits per heavy atom. The number of hydrogen-bond acceptors (Lipinski definition) is 5. The second kappa shape index (κ2) is 6.43. The van der Waals surface area contributed by atoms with Crippen molar-refractivity contribution < 1.29 is 23.7 Å². The third-order valence-corrected chi connectivity index (χ3v) is 2.77. The van der Waals surface area contributed by atoms with E-state index in [9.17, 15) is 4.79 Å². The van der Waals surface area contributed by atoms with Gasteiger partial charge in [0.25, 0.3) is 0 Å². The number of esters is 1. The maximum absolute atomic E-state index is 11.3. The van der Waals surface area contributed by atoms with Gasteiger partial charge in [0.1, 0.15) is 19.3 Å². The van der Waals surface area contributed by atoms with E-state index < -0.39 is 5.97 Å². The average Bonchev–Trinajstić information content (AvgIpc) is 3.26. The number of epoxide rings is 1. The van der Waals surface area contributed by atoms with Crippen LogP contribution in [0, 0.1) is 0 Å². The fourth-order valence-corrected chi connectivity index (χ4v) is 1.54. The first-order valence-electron chi connectivity index (χ1n) is 6.34. The lowest BCUT2D eigenvalue weighted by Crippen LogP contribution is -2.07. The van der Waals surface area contributed by atoms with Crippen molar-refractivity contribution in [3.05, 3.63) is 35.9 Å². The van der Waals surface area contributed by atoms with Crippen molar-refractivity contribution in [3.8, 4) is 11.5 Å². The van der Waals surface area contributed by atoms with Crippen LogP contribution in [0.1, 0.15) is 12.5 Å². The van der Waals surface area contributed by atoms with Gasteiger partial charge in [-0.05, 0) is 24.6 Å². The molecule has 1 atom stereocenters. The predicted octanol–water partition coefficient (Wildman–Crippen LogP) is 2.09. The Morgan fingerprint density at radius 2 is 2.20 bits per heavy atom. The molecule has 5 heteroatoms. The van der Waals surface area contributed by atoms with E-state index in [0.717, 1.165) is 12.2 Å². The summed E-state index contributed by atoms with van der Waals surface area (Å²) in [7, 11) is 1.57. The zero-order valence-electron chi connectivity index (χ0n) is 11.7. The lowest BCUT2D eigenvalue weighted by molar-refractivity contribution is -0.140. The van der Waals surface area contributed by atoms with Crippen LogP contribution in [-0.2, 0) is 20.9 Å². The molecule has 1 fully saturated rings. The summed E-state index contributed by atoms with van der Waals surface area (Å²) in [4.78, 5) is 11.3. The molecule has 1 aliphatic heterocycles. The van der Waals surface area contributed by atoms with Crippen LogP contribution in [0.3, 0.4) is 0 Å². The molecule has 1 heterocycles. The van der Waals surface area contributed by atoms with Crippen LogP contribution in [-0.4, -0.2) is 32.4 Å². The third kappa shape index (κ3) is 3.99. The highest BCUT2D eigenvalue weighted by molar-refractivity contribution is 5.86. The fraction of sp³-hybridized carbons (Fsp3) is 0.400. The largest absolute Gasteiger partial charge is 0.493 e. The van der Waals surface area contributed by atoms with Crippen LogP contribution in [0.2, 0.25) is 0 Å². The van der Waals surface area contributed by atoms with Crippen molar-refractivity contribution in [1.29, 1.82) is 0 Å². The van der Waals surface area contributed by atoms with E-state index in [1.807, 2.05) is 6.07 Å². The zero-order valence-corrected chi connectivity index (χ0v) is 11.7. The summed E-state index contributed by atoms with van der Waals surface area (Å²) in [5.74, 6) is 0.850. The average molecular weight is 278 g/mol. The van der Waals surface area contributed by atoms with Crippen molar-refractivity contribution in [2.75, 3.05) is 20.3 Å². The smallest absolute Gasteiger partial charge is 0.333 e. The number of carbonyl (C=O) groups excluding carboxylic acids is 1. The maximum Gasteiger partial charge on any atom is 0.333 e. The van der Waals surface area contributed by atoms with E-state index >= 15 is 0 Å². The summed E-state index contributed by atoms with van der Waals surface area (Å²) in [6, 6.07) is 5.41. The molecule has 0 bridgehead atoms. The summed E-state index contributed by atoms with van der Waals surface area (Å²) in [5, 5.41) is 0. The van der Waals surface area contributed by atoms with Gasteiger partial charge in [-0.1, -0.05) is 12.6 Å². The second-order valence-electron chi connectivity index (χ2n) is 4.61. The number of methoxy groups -OCH3 is 1. The Hall–Kier alpha value is -2.01. The number of carbonyl (C=O) groups is 1. The van der Waals surface area contributed by atoms with E-state index in [2.05, 4.69) is 6.58 Å². The molecule has 1 unspecified atom stereocenters. The van der Waals surface area contributed by atoms with Crippen molar-refractivity contribution in [1.82, 2.24) is 0 Å². The number of ether oxygens (including phenoxy) is 4. The molecule has 1 aromatic carbocycles. The molecule has 1 saturated heterocycles. The standard InChI is InChI=1S/C15H18O5/c1-10(2)15(16)20-7-11-4-5-13(14(6-11)17-3)19-9-12-8-18-12/h4-6,12H,1,7-9H2,2-3H3. The van der Waals surface area contributed by atoms with Crippen molar-refractivity contribution in [2.24, 2.45) is 0 Å². The first-order chi connectivity index (χ1) is 9.60. The zero-order chi connectivity index (χ0) is 14.5. The molecular weight excluding hydrogens is 260 g/mol. The molecule has 0 spiro atoms. The van der Waals surface area contributed by atoms with Gasteiger partial charge in [0.2, 0.25) is 0 Å². The topological polar surface area (TPSA) is 57.3 Å². The van der Waals surface area contributed by atoms with Crippen molar-refractivity contribution >= 4 is 5.97 Å². The van der Waals surface area contributed by atoms with Gasteiger partial charge in [-0.3, -0.25) is 0 Å². The molecule has 0 radical (unpaired) electrons. The van der Waals surface area contributed by atoms with Gasteiger partial charge in [-0.15, -0.1) is 0 Å². The van der Waals surface area contributed by atoms with Crippen LogP contribution in [0.25, 0.3) is 0 Å². The minimum atomic E-state index is -0.407. The molecule has 0 saturated carbocycles. The van der Waals surface area contributed by atoms with Gasteiger partial charge in [0.15, 0.2) is 11.5 Å². The van der Waals surface area contributed by atoms with Crippen molar-refractivity contribution in [3.63, 3.8) is 0 Å². The van der Waals surface area contributed by atoms with Gasteiger partial charge in [0, 0.05) is 5.57 Å². The highest BCUT2D eigenvalue weighted by Gasteiger charge is 2.23. The highest BCUT2D eigenvalue weighted by Crippen LogP contribution is 2.29. The van der Waals surface area contributed by atoms with E-state index in [0.29, 0.717) is 23.7 Å². The van der Waals surface area contributed by atoms with E-state index in [1.165, 1.54) is 0 Å². The van der Waals surface area contributed by atoms with E-state index in [4.69, 9.17) is 18.9 Å². The molecule has 108 valence electrons. The number of benzene rings is 1. The summed E-state index contributed by atoms with van der Waals surface area (Å²) in [6.45, 7) is 6.58. The Kier molecular flexibility index (Phi) is 4.63. The van der Waals surface area contributed by atoms with Crippen LogP contribution >= 0.6 is 0 Å². The SMILES string of the molecule is C=C(C)C(=O)OCc1ccc(OCC2CO2)c(OC)c1. The lowest BCUT2D eigenvalue weighted by atomic mass is 10.2. The van der Waals surface area contributed by atoms with Gasteiger partial charge < -0.3 is 18.9 Å². The third-order valence-electron chi connectivity index (χ3n) is 2.77. The number of hydrogen-bond donors (Lipinski definition) is 0. The molecule has 20 heavy (non-hydrogen) atoms. The van der Waals surface area contributed by atoms with E-state index in [1.54, 1.807) is 26.2 Å². The van der Waals surface area contributed by atoms with Gasteiger partial charge in [-0.2, -0.15) is 0 Å². The van der Waals surface area contributed by atoms with Gasteiger partial charge >= 0.3 is 5.97 Å². The molecule has 5 nitrogen and oxygen atoms in total. The van der Waals surface area contributed by atoms with Crippen LogP contribution < -0.4 is 9.47 Å². The lowest BCUT2D eigenvalue weighted by Gasteiger charge is -2.11. The summed E-state index contributed by atoms with van der Waals surface area (Å²) < 4.78 is 21.0. The Labute approximate surface area is 118 Å². The Morgan fingerprint density at radius 1 is 1.45 bits per heavy atom. The molecule has 1 aliphatic rings. The summed E-state index contributed by atoms with van der Waals surface area (Å²) in [6.07, 6.45) is 0.191. The van der Waals surface area contributed by atoms with Crippen LogP contribution in [0.5, 0.6) is 11.5 Å². The van der Waals surface area contributed by atoms with Gasteiger partial charge in [0.05, 0.1) is 13.7 Å². The molecule has 0 amide bonds. The normalized spacial score (nSPS) is 16.4. The monoisotopic (exact) mass is 278 g/mol. The van der Waals surface area contributed by atoms with Crippen molar-refractivity contribution in [2.45, 2.75) is 19.6 Å². The molecule has 0 aliphatic carbocycles. The summed E-state index contributed by atoms with van der Waals surface area (Å²) in [5.41, 5.74) is 1.20. The minimum Gasteiger partial charge on any atom is -0.493 e. The highest BCUT2D eigenvalue weighted by atomic mass is 16.6. The molecule has 0 aromatic heterocycles. The van der Waals surface area contributed by atoms with Gasteiger partial charge in [-0.25, -0.2) is 4.79 Å². The second-order valence-corrected chi connectivity index (χ2v) is 4.61. The molecule has 2 rings (SSSR count). The number of rotatable bonds is 7. The summed E-state index contributed by atoms with van der Waals surface area (Å²) >= 11 is 0. The first-order valence-corrected chi connectivity index (χ1v) is 6.34. The van der Waals surface area contributed by atoms with E-state index in [-0.39, 0.29) is 12.7 Å². The Balaban J connectivity index is 1.96. The maximum atomic E-state index is 11.3. The minimum absolute atomic E-state index is 0.175. The van der Waals surface area contributed by atoms with Crippen LogP contribution in [0.4, 0.5) is 0 Å². The Bertz CT molecular complexity index is 505.